The van der Waals surface area contributed by atoms with Crippen LogP contribution in [0.4, 0.5) is 0 Å². The number of fused-ring (bicyclic) bond motifs is 1. The molecule has 1 aromatic heterocycles. The molecule has 0 aliphatic carbocycles. The number of hydrogen-bond donors (Lipinski definition) is 9. The second-order valence-electron chi connectivity index (χ2n) is 18.7. The molecule has 0 radical (unpaired) electrons. The zero-order chi connectivity index (χ0) is 50.7. The van der Waals surface area contributed by atoms with Gasteiger partial charge in [-0.05, 0) is 66.8 Å². The molecule has 0 unspecified atom stereocenters. The first kappa shape index (κ1) is 53.8. The van der Waals surface area contributed by atoms with E-state index in [0.717, 1.165) is 16.5 Å². The Morgan fingerprint density at radius 2 is 0.971 bits per heavy atom. The van der Waals surface area contributed by atoms with Crippen molar-refractivity contribution >= 4 is 52.1 Å². The zero-order valence-corrected chi connectivity index (χ0v) is 40.5. The number of para-hydroxylation sites is 1. The molecule has 0 bridgehead atoms. The van der Waals surface area contributed by atoms with Gasteiger partial charge in [0.2, 0.25) is 35.4 Å². The molecule has 0 saturated carbocycles. The molecule has 5 rings (SSSR count). The van der Waals surface area contributed by atoms with Crippen molar-refractivity contribution in [1.82, 2.24) is 31.6 Å². The van der Waals surface area contributed by atoms with E-state index in [-0.39, 0.29) is 49.7 Å². The fraction of sp³-hybridized carbons (Fsp3) is 0.389. The number of aromatic nitrogens is 1. The molecule has 0 aliphatic heterocycles. The number of ketones is 1. The van der Waals surface area contributed by atoms with Crippen molar-refractivity contribution in [3.63, 3.8) is 0 Å². The van der Waals surface area contributed by atoms with Crippen LogP contribution in [0.3, 0.4) is 0 Å². The smallest absolute Gasteiger partial charge is 0.243 e. The van der Waals surface area contributed by atoms with Crippen LogP contribution in [0.5, 0.6) is 0 Å². The lowest BCUT2D eigenvalue weighted by Gasteiger charge is -2.28. The molecule has 5 aromatic rings. The van der Waals surface area contributed by atoms with E-state index < -0.39 is 71.7 Å². The third kappa shape index (κ3) is 16.2. The maximum Gasteiger partial charge on any atom is 0.243 e. The average Bonchev–Trinajstić information content (AvgIpc) is 3.75. The van der Waals surface area contributed by atoms with Crippen molar-refractivity contribution in [3.05, 3.63) is 143 Å². The molecular weight excluding hydrogens is 887 g/mol. The van der Waals surface area contributed by atoms with E-state index >= 15 is 0 Å². The third-order valence-electron chi connectivity index (χ3n) is 12.0. The number of nitrogens with one attached hydrogen (secondary N) is 6. The first-order valence-corrected chi connectivity index (χ1v) is 24.1. The first-order valence-electron chi connectivity index (χ1n) is 24.1. The number of unbranched alkanes of at least 4 members (excludes halogenated alkanes) is 1. The maximum absolute atomic E-state index is 14.8. The van der Waals surface area contributed by atoms with E-state index in [1.165, 1.54) is 0 Å². The van der Waals surface area contributed by atoms with E-state index in [1.54, 1.807) is 79.0 Å². The van der Waals surface area contributed by atoms with Crippen molar-refractivity contribution in [2.24, 2.45) is 29.0 Å². The lowest BCUT2D eigenvalue weighted by molar-refractivity contribution is -0.135. The average molecular weight is 956 g/mol. The Bertz CT molecular complexity index is 2530. The normalized spacial score (nSPS) is 13.9. The summed E-state index contributed by atoms with van der Waals surface area (Å²) in [6, 6.07) is 25.2. The van der Waals surface area contributed by atoms with Crippen LogP contribution in [0.2, 0.25) is 0 Å². The number of benzene rings is 4. The molecule has 0 aliphatic rings. The minimum Gasteiger partial charge on any atom is -0.368 e. The van der Waals surface area contributed by atoms with Crippen LogP contribution in [0, 0.1) is 11.8 Å². The minimum absolute atomic E-state index is 0.00185. The molecule has 0 spiro atoms. The van der Waals surface area contributed by atoms with Crippen molar-refractivity contribution in [2.75, 3.05) is 6.54 Å². The summed E-state index contributed by atoms with van der Waals surface area (Å²) in [6.07, 6.45) is 3.85. The summed E-state index contributed by atoms with van der Waals surface area (Å²) in [5, 5.41) is 15.0. The van der Waals surface area contributed by atoms with Crippen LogP contribution in [0.25, 0.3) is 10.9 Å². The number of nitrogens with two attached hydrogens (primary N) is 3. The highest BCUT2D eigenvalue weighted by Gasteiger charge is 2.34. The number of rotatable bonds is 27. The molecule has 6 atom stereocenters. The number of amides is 6. The quantitative estimate of drug-likeness (QED) is 0.0273. The zero-order valence-electron chi connectivity index (χ0n) is 40.5. The highest BCUT2D eigenvalue weighted by atomic mass is 16.2. The molecule has 16 heteroatoms. The Kier molecular flexibility index (Phi) is 20.4. The summed E-state index contributed by atoms with van der Waals surface area (Å²) >= 11 is 0. The van der Waals surface area contributed by atoms with E-state index in [9.17, 15) is 33.6 Å². The van der Waals surface area contributed by atoms with Crippen LogP contribution in [0.1, 0.15) is 92.4 Å². The molecule has 16 nitrogen and oxygen atoms in total. The minimum atomic E-state index is -1.32. The van der Waals surface area contributed by atoms with E-state index in [4.69, 9.17) is 17.2 Å². The number of carbonyl (C=O) groups excluding carboxylic acids is 7. The van der Waals surface area contributed by atoms with Crippen LogP contribution in [-0.2, 0) is 48.0 Å². The lowest BCUT2D eigenvalue weighted by Crippen LogP contribution is -2.60. The predicted molar refractivity (Wildman–Crippen MR) is 271 cm³/mol. The van der Waals surface area contributed by atoms with Gasteiger partial charge in [0, 0.05) is 47.5 Å². The van der Waals surface area contributed by atoms with E-state index in [0.29, 0.717) is 48.1 Å². The topological polar surface area (TPSA) is 273 Å². The molecule has 4 aromatic carbocycles. The summed E-state index contributed by atoms with van der Waals surface area (Å²) in [5.41, 5.74) is 21.4. The summed E-state index contributed by atoms with van der Waals surface area (Å²) in [5.74, 6) is -4.22. The van der Waals surface area contributed by atoms with Gasteiger partial charge in [-0.3, -0.25) is 33.6 Å². The SMILES string of the molecule is CC(C)C[C@H](NC(=O)[C@H](CC(C)C)NC(=O)[C@@H](Cc1ccc(C(=O)c2ccccc2)cc1)NC(=O)[C@H](Cc1ccccc1)NC(=O)[C@@H](Cc1c[nH]c2ccccc12)NC(=O)[C@@H](N)CCCCN)C(N)=O. The third-order valence-corrected chi connectivity index (χ3v) is 12.0. The van der Waals surface area contributed by atoms with Gasteiger partial charge in [-0.15, -0.1) is 0 Å². The molecule has 70 heavy (non-hydrogen) atoms. The van der Waals surface area contributed by atoms with Gasteiger partial charge in [0.15, 0.2) is 5.78 Å². The Morgan fingerprint density at radius 3 is 1.54 bits per heavy atom. The van der Waals surface area contributed by atoms with Gasteiger partial charge < -0.3 is 48.8 Å². The summed E-state index contributed by atoms with van der Waals surface area (Å²) < 4.78 is 0. The summed E-state index contributed by atoms with van der Waals surface area (Å²) in [4.78, 5) is 100. The Labute approximate surface area is 410 Å². The lowest BCUT2D eigenvalue weighted by atomic mass is 9.97. The van der Waals surface area contributed by atoms with Gasteiger partial charge in [0.05, 0.1) is 6.04 Å². The number of hydrogen-bond acceptors (Lipinski definition) is 9. The molecule has 6 amide bonds. The second kappa shape index (κ2) is 26.5. The monoisotopic (exact) mass is 956 g/mol. The Morgan fingerprint density at radius 1 is 0.514 bits per heavy atom. The van der Waals surface area contributed by atoms with Crippen molar-refractivity contribution in [2.45, 2.75) is 115 Å². The number of H-pyrrole nitrogens is 1. The molecule has 0 saturated heterocycles. The van der Waals surface area contributed by atoms with Gasteiger partial charge >= 0.3 is 0 Å². The predicted octanol–water partition coefficient (Wildman–Crippen LogP) is 3.88. The van der Waals surface area contributed by atoms with Gasteiger partial charge in [0.1, 0.15) is 30.2 Å². The number of aromatic amines is 1. The van der Waals surface area contributed by atoms with Crippen molar-refractivity contribution in [1.29, 1.82) is 0 Å². The first-order chi connectivity index (χ1) is 33.5. The number of carbonyl (C=O) groups is 7. The van der Waals surface area contributed by atoms with E-state index in [2.05, 4.69) is 31.6 Å². The molecule has 12 N–H and O–H groups in total. The van der Waals surface area contributed by atoms with Crippen molar-refractivity contribution in [3.8, 4) is 0 Å². The maximum atomic E-state index is 14.8. The summed E-state index contributed by atoms with van der Waals surface area (Å²) in [6.45, 7) is 7.98. The fourth-order valence-corrected chi connectivity index (χ4v) is 8.21. The highest BCUT2D eigenvalue weighted by molar-refractivity contribution is 6.09. The molecule has 1 heterocycles. The van der Waals surface area contributed by atoms with Gasteiger partial charge in [-0.1, -0.05) is 137 Å². The van der Waals surface area contributed by atoms with Crippen molar-refractivity contribution < 1.29 is 33.6 Å². The van der Waals surface area contributed by atoms with Gasteiger partial charge in [0.25, 0.3) is 0 Å². The fourth-order valence-electron chi connectivity index (χ4n) is 8.21. The van der Waals surface area contributed by atoms with Crippen LogP contribution in [-0.4, -0.2) is 89.0 Å². The highest BCUT2D eigenvalue weighted by Crippen LogP contribution is 2.20. The second-order valence-corrected chi connectivity index (χ2v) is 18.7. The standard InChI is InChI=1S/C54H69N9O7/c1-33(2)27-43(49(57)65)59-51(67)44(28-34(3)4)61-52(68)46(30-36-22-24-38(25-23-36)48(64)37-17-9-6-10-18-37)62-53(69)45(29-35-15-7-5-8-16-35)63-54(70)47(60-50(66)41(56)20-13-14-26-55)31-39-32-58-42-21-12-11-19-40(39)42/h5-12,15-19,21-25,32-34,41,43-47,58H,13-14,20,26-31,55-56H2,1-4H3,(H2,57,65)(H,59,67)(H,60,66)(H,61,68)(H,62,69)(H,63,70)/t41-,43-,44-,45-,46+,47+/m0/s1. The molecule has 372 valence electrons. The summed E-state index contributed by atoms with van der Waals surface area (Å²) in [7, 11) is 0. The molecular formula is C54H69N9O7. The van der Waals surface area contributed by atoms with Crippen LogP contribution >= 0.6 is 0 Å². The van der Waals surface area contributed by atoms with E-state index in [1.807, 2.05) is 64.1 Å². The Balaban J connectivity index is 1.47. The van der Waals surface area contributed by atoms with Crippen LogP contribution < -0.4 is 43.8 Å². The van der Waals surface area contributed by atoms with Crippen LogP contribution in [0.15, 0.2) is 115 Å². The Hall–Kier alpha value is -7.17. The largest absolute Gasteiger partial charge is 0.368 e. The molecule has 0 fully saturated rings. The van der Waals surface area contributed by atoms with Gasteiger partial charge in [-0.25, -0.2) is 0 Å². The van der Waals surface area contributed by atoms with Gasteiger partial charge in [-0.2, -0.15) is 0 Å². The number of primary amides is 1.